The molecule has 1 aromatic heterocycles. The average Bonchev–Trinajstić information content (AvgIpc) is 2.57. The summed E-state index contributed by atoms with van der Waals surface area (Å²) in [7, 11) is 0. The Balaban J connectivity index is 2.00. The molecule has 0 aliphatic rings. The van der Waals surface area contributed by atoms with Crippen LogP contribution in [0.5, 0.6) is 0 Å². The van der Waals surface area contributed by atoms with Crippen LogP contribution in [0.1, 0.15) is 24.2 Å². The summed E-state index contributed by atoms with van der Waals surface area (Å²) in [6.45, 7) is 3.57. The number of esters is 1. The van der Waals surface area contributed by atoms with Crippen LogP contribution in [0.15, 0.2) is 35.6 Å². The summed E-state index contributed by atoms with van der Waals surface area (Å²) in [5.74, 6) is -1.29. The van der Waals surface area contributed by atoms with Crippen molar-refractivity contribution in [2.75, 3.05) is 17.7 Å². The Kier molecular flexibility index (Phi) is 6.29. The molecule has 1 unspecified atom stereocenters. The van der Waals surface area contributed by atoms with Crippen molar-refractivity contribution >= 4 is 35.1 Å². The van der Waals surface area contributed by atoms with E-state index >= 15 is 0 Å². The summed E-state index contributed by atoms with van der Waals surface area (Å²) in [5, 5.41) is 2.39. The van der Waals surface area contributed by atoms with E-state index in [1.807, 2.05) is 0 Å². The molecule has 2 rings (SSSR count). The SMILES string of the molecule is CCOC(=O)c1cnc(SC(C)C(=O)Nc2ccc(F)cc2)nc1N. The standard InChI is InChI=1S/C16H17FN4O3S/c1-3-24-15(23)12-8-19-16(21-13(12)18)25-9(2)14(22)20-11-6-4-10(17)5-7-11/h4-9H,3H2,1-2H3,(H,20,22)(H2,18,19,21). The second kappa shape index (κ2) is 8.43. The highest BCUT2D eigenvalue weighted by Gasteiger charge is 2.19. The zero-order chi connectivity index (χ0) is 18.4. The van der Waals surface area contributed by atoms with Crippen molar-refractivity contribution in [2.45, 2.75) is 24.3 Å². The monoisotopic (exact) mass is 364 g/mol. The van der Waals surface area contributed by atoms with E-state index in [9.17, 15) is 14.0 Å². The topological polar surface area (TPSA) is 107 Å². The minimum absolute atomic E-state index is 0.0120. The van der Waals surface area contributed by atoms with Gasteiger partial charge in [0, 0.05) is 11.9 Å². The number of halogens is 1. The Morgan fingerprint density at radius 3 is 2.64 bits per heavy atom. The van der Waals surface area contributed by atoms with Crippen LogP contribution in [0.2, 0.25) is 0 Å². The van der Waals surface area contributed by atoms with Gasteiger partial charge in [-0.3, -0.25) is 4.79 Å². The van der Waals surface area contributed by atoms with E-state index in [1.54, 1.807) is 13.8 Å². The second-order valence-corrected chi connectivity index (χ2v) is 6.24. The van der Waals surface area contributed by atoms with E-state index in [-0.39, 0.29) is 34.9 Å². The number of thioether (sulfide) groups is 1. The molecule has 0 radical (unpaired) electrons. The Morgan fingerprint density at radius 2 is 2.04 bits per heavy atom. The lowest BCUT2D eigenvalue weighted by atomic mass is 10.3. The van der Waals surface area contributed by atoms with Gasteiger partial charge in [0.15, 0.2) is 5.16 Å². The molecule has 0 saturated heterocycles. The lowest BCUT2D eigenvalue weighted by molar-refractivity contribution is -0.115. The summed E-state index contributed by atoms with van der Waals surface area (Å²) >= 11 is 1.08. The van der Waals surface area contributed by atoms with Crippen LogP contribution in [-0.2, 0) is 9.53 Å². The summed E-state index contributed by atoms with van der Waals surface area (Å²) in [6, 6.07) is 5.44. The largest absolute Gasteiger partial charge is 0.462 e. The zero-order valence-electron chi connectivity index (χ0n) is 13.7. The molecule has 1 amide bonds. The first-order valence-electron chi connectivity index (χ1n) is 7.43. The van der Waals surface area contributed by atoms with Crippen LogP contribution in [0.4, 0.5) is 15.9 Å². The van der Waals surface area contributed by atoms with E-state index < -0.39 is 11.2 Å². The molecular formula is C16H17FN4O3S. The number of hydrogen-bond donors (Lipinski definition) is 2. The average molecular weight is 364 g/mol. The molecule has 0 spiro atoms. The minimum Gasteiger partial charge on any atom is -0.462 e. The Hall–Kier alpha value is -2.68. The smallest absolute Gasteiger partial charge is 0.343 e. The van der Waals surface area contributed by atoms with Gasteiger partial charge in [0.1, 0.15) is 17.2 Å². The molecule has 3 N–H and O–H groups in total. The second-order valence-electron chi connectivity index (χ2n) is 4.93. The molecule has 0 fully saturated rings. The Morgan fingerprint density at radius 1 is 1.36 bits per heavy atom. The lowest BCUT2D eigenvalue weighted by Crippen LogP contribution is -2.22. The van der Waals surface area contributed by atoms with Crippen molar-refractivity contribution in [3.8, 4) is 0 Å². The van der Waals surface area contributed by atoms with Gasteiger partial charge in [-0.2, -0.15) is 0 Å². The number of nitrogens with one attached hydrogen (secondary N) is 1. The van der Waals surface area contributed by atoms with Crippen molar-refractivity contribution in [1.82, 2.24) is 9.97 Å². The lowest BCUT2D eigenvalue weighted by Gasteiger charge is -2.12. The van der Waals surface area contributed by atoms with Gasteiger partial charge in [-0.1, -0.05) is 11.8 Å². The highest BCUT2D eigenvalue weighted by molar-refractivity contribution is 8.00. The number of carbonyl (C=O) groups excluding carboxylic acids is 2. The van der Waals surface area contributed by atoms with Gasteiger partial charge in [-0.15, -0.1) is 0 Å². The van der Waals surface area contributed by atoms with Crippen LogP contribution < -0.4 is 11.1 Å². The quantitative estimate of drug-likeness (QED) is 0.461. The number of rotatable bonds is 6. The molecule has 0 aliphatic carbocycles. The first-order valence-corrected chi connectivity index (χ1v) is 8.31. The summed E-state index contributed by atoms with van der Waals surface area (Å²) < 4.78 is 17.7. The highest BCUT2D eigenvalue weighted by atomic mass is 32.2. The highest BCUT2D eigenvalue weighted by Crippen LogP contribution is 2.23. The molecule has 9 heteroatoms. The predicted octanol–water partition coefficient (Wildman–Crippen LogP) is 2.49. The van der Waals surface area contributed by atoms with Crippen LogP contribution in [0, 0.1) is 5.82 Å². The number of hydrogen-bond acceptors (Lipinski definition) is 7. The van der Waals surface area contributed by atoms with Crippen LogP contribution in [-0.4, -0.2) is 33.7 Å². The number of aromatic nitrogens is 2. The van der Waals surface area contributed by atoms with Crippen LogP contribution >= 0.6 is 11.8 Å². The third kappa shape index (κ3) is 5.15. The molecule has 1 heterocycles. The molecule has 0 aliphatic heterocycles. The van der Waals surface area contributed by atoms with E-state index in [0.29, 0.717) is 5.69 Å². The predicted molar refractivity (Wildman–Crippen MR) is 92.7 cm³/mol. The number of nitrogens with zero attached hydrogens (tertiary/aromatic N) is 2. The fourth-order valence-corrected chi connectivity index (χ4v) is 2.54. The molecule has 1 atom stereocenters. The Bertz CT molecular complexity index is 770. The van der Waals surface area contributed by atoms with Crippen molar-refractivity contribution in [2.24, 2.45) is 0 Å². The normalized spacial score (nSPS) is 11.6. The first kappa shape index (κ1) is 18.7. The number of anilines is 2. The van der Waals surface area contributed by atoms with Gasteiger partial charge in [0.05, 0.1) is 11.9 Å². The van der Waals surface area contributed by atoms with Gasteiger partial charge in [-0.05, 0) is 38.1 Å². The van der Waals surface area contributed by atoms with E-state index in [2.05, 4.69) is 15.3 Å². The van der Waals surface area contributed by atoms with E-state index in [0.717, 1.165) is 11.8 Å². The Labute approximate surface area is 148 Å². The fourth-order valence-electron chi connectivity index (χ4n) is 1.79. The van der Waals surface area contributed by atoms with Gasteiger partial charge < -0.3 is 15.8 Å². The molecule has 1 aromatic carbocycles. The van der Waals surface area contributed by atoms with Gasteiger partial charge >= 0.3 is 5.97 Å². The molecule has 0 saturated carbocycles. The van der Waals surface area contributed by atoms with Crippen molar-refractivity contribution in [3.63, 3.8) is 0 Å². The van der Waals surface area contributed by atoms with E-state index in [1.165, 1.54) is 30.5 Å². The van der Waals surface area contributed by atoms with Crippen molar-refractivity contribution in [3.05, 3.63) is 41.8 Å². The maximum Gasteiger partial charge on any atom is 0.343 e. The van der Waals surface area contributed by atoms with Crippen molar-refractivity contribution < 1.29 is 18.7 Å². The molecule has 25 heavy (non-hydrogen) atoms. The maximum absolute atomic E-state index is 12.9. The van der Waals surface area contributed by atoms with Gasteiger partial charge in [0.25, 0.3) is 0 Å². The third-order valence-electron chi connectivity index (χ3n) is 3.05. The summed E-state index contributed by atoms with van der Waals surface area (Å²) in [5.41, 5.74) is 6.30. The minimum atomic E-state index is -0.598. The van der Waals surface area contributed by atoms with Crippen LogP contribution in [0.3, 0.4) is 0 Å². The first-order chi connectivity index (χ1) is 11.9. The van der Waals surface area contributed by atoms with Gasteiger partial charge in [0.2, 0.25) is 5.91 Å². The number of ether oxygens (including phenoxy) is 1. The van der Waals surface area contributed by atoms with Gasteiger partial charge in [-0.25, -0.2) is 19.2 Å². The number of nitrogen functional groups attached to an aromatic ring is 1. The molecule has 132 valence electrons. The molecule has 0 bridgehead atoms. The molecule has 7 nitrogen and oxygen atoms in total. The summed E-state index contributed by atoms with van der Waals surface area (Å²) in [4.78, 5) is 31.9. The number of nitrogens with two attached hydrogens (primary N) is 1. The molecular weight excluding hydrogens is 347 g/mol. The number of carbonyl (C=O) groups is 2. The van der Waals surface area contributed by atoms with Crippen molar-refractivity contribution in [1.29, 1.82) is 0 Å². The number of benzene rings is 1. The maximum atomic E-state index is 12.9. The fraction of sp³-hybridized carbons (Fsp3) is 0.250. The van der Waals surface area contributed by atoms with Crippen LogP contribution in [0.25, 0.3) is 0 Å². The molecule has 2 aromatic rings. The third-order valence-corrected chi connectivity index (χ3v) is 4.03. The van der Waals surface area contributed by atoms with E-state index in [4.69, 9.17) is 10.5 Å². The number of amides is 1. The summed E-state index contributed by atoms with van der Waals surface area (Å²) in [6.07, 6.45) is 1.27. The zero-order valence-corrected chi connectivity index (χ0v) is 14.5.